The van der Waals surface area contributed by atoms with Crippen molar-refractivity contribution < 1.29 is 27.5 Å². The Morgan fingerprint density at radius 3 is 2.11 bits per heavy atom. The second kappa shape index (κ2) is 8.70. The molecule has 7 heteroatoms. The zero-order chi connectivity index (χ0) is 20.0. The molecule has 0 saturated heterocycles. The maximum atomic E-state index is 12.6. The van der Waals surface area contributed by atoms with Crippen molar-refractivity contribution in [2.45, 2.75) is 32.6 Å². The van der Waals surface area contributed by atoms with E-state index in [0.29, 0.717) is 6.54 Å². The number of hydrogen-bond donors (Lipinski definition) is 0. The van der Waals surface area contributed by atoms with Gasteiger partial charge >= 0.3 is 12.1 Å². The van der Waals surface area contributed by atoms with Gasteiger partial charge in [0.15, 0.2) is 6.61 Å². The number of amides is 1. The fourth-order valence-corrected chi connectivity index (χ4v) is 2.43. The molecule has 2 rings (SSSR count). The first-order valence-corrected chi connectivity index (χ1v) is 8.36. The van der Waals surface area contributed by atoms with Gasteiger partial charge in [-0.05, 0) is 43.7 Å². The van der Waals surface area contributed by atoms with E-state index in [0.717, 1.165) is 29.8 Å². The molecule has 0 N–H and O–H groups in total. The average Bonchev–Trinajstić information content (AvgIpc) is 2.64. The Labute approximate surface area is 155 Å². The van der Waals surface area contributed by atoms with Crippen molar-refractivity contribution in [3.63, 3.8) is 0 Å². The molecule has 0 saturated carbocycles. The molecule has 0 aliphatic carbocycles. The summed E-state index contributed by atoms with van der Waals surface area (Å²) in [4.78, 5) is 26.0. The minimum absolute atomic E-state index is 0.0463. The normalized spacial score (nSPS) is 11.3. The number of benzene rings is 2. The molecule has 144 valence electrons. The monoisotopic (exact) mass is 379 g/mol. The highest BCUT2D eigenvalue weighted by molar-refractivity contribution is 5.91. The van der Waals surface area contributed by atoms with Crippen molar-refractivity contribution in [1.82, 2.24) is 4.90 Å². The number of carbonyl (C=O) groups is 2. The van der Waals surface area contributed by atoms with Gasteiger partial charge in [0.1, 0.15) is 0 Å². The second-order valence-corrected chi connectivity index (χ2v) is 6.25. The number of rotatable bonds is 6. The van der Waals surface area contributed by atoms with Crippen LogP contribution in [0.3, 0.4) is 0 Å². The highest BCUT2D eigenvalue weighted by Crippen LogP contribution is 2.29. The van der Waals surface area contributed by atoms with Crippen LogP contribution in [0.2, 0.25) is 0 Å². The fraction of sp³-hybridized carbons (Fsp3) is 0.300. The molecule has 0 heterocycles. The van der Waals surface area contributed by atoms with Gasteiger partial charge in [-0.25, -0.2) is 4.79 Å². The summed E-state index contributed by atoms with van der Waals surface area (Å²) in [5, 5.41) is 0. The second-order valence-electron chi connectivity index (χ2n) is 6.25. The van der Waals surface area contributed by atoms with Crippen LogP contribution in [0.5, 0.6) is 0 Å². The van der Waals surface area contributed by atoms with Crippen LogP contribution in [-0.4, -0.2) is 29.4 Å². The van der Waals surface area contributed by atoms with Crippen LogP contribution < -0.4 is 0 Å². The van der Waals surface area contributed by atoms with Crippen LogP contribution in [0.1, 0.15) is 35.3 Å². The van der Waals surface area contributed by atoms with Gasteiger partial charge < -0.3 is 9.64 Å². The number of hydrogen-bond acceptors (Lipinski definition) is 3. The van der Waals surface area contributed by atoms with Crippen LogP contribution in [-0.2, 0) is 22.3 Å². The lowest BCUT2D eigenvalue weighted by Gasteiger charge is -2.26. The molecular formula is C20H20F3NO3. The van der Waals surface area contributed by atoms with Gasteiger partial charge in [-0.3, -0.25) is 4.79 Å². The van der Waals surface area contributed by atoms with Crippen molar-refractivity contribution in [2.75, 3.05) is 6.61 Å². The molecule has 0 fully saturated rings. The fourth-order valence-electron chi connectivity index (χ4n) is 2.43. The molecule has 0 aromatic heterocycles. The van der Waals surface area contributed by atoms with E-state index in [4.69, 9.17) is 4.74 Å². The van der Waals surface area contributed by atoms with Crippen LogP contribution in [0.15, 0.2) is 54.6 Å². The first kappa shape index (κ1) is 20.5. The first-order valence-electron chi connectivity index (χ1n) is 8.36. The van der Waals surface area contributed by atoms with Crippen molar-refractivity contribution in [2.24, 2.45) is 0 Å². The van der Waals surface area contributed by atoms with E-state index in [-0.39, 0.29) is 17.5 Å². The Bertz CT molecular complexity index is 771. The van der Waals surface area contributed by atoms with Gasteiger partial charge in [-0.2, -0.15) is 13.2 Å². The van der Waals surface area contributed by atoms with Crippen molar-refractivity contribution in [3.05, 3.63) is 71.3 Å². The molecular weight excluding hydrogens is 359 g/mol. The minimum atomic E-state index is -4.48. The maximum Gasteiger partial charge on any atom is 0.416 e. The number of alkyl halides is 3. The zero-order valence-corrected chi connectivity index (χ0v) is 15.0. The summed E-state index contributed by atoms with van der Waals surface area (Å²) in [6.45, 7) is 3.58. The Kier molecular flexibility index (Phi) is 6.60. The maximum absolute atomic E-state index is 12.6. The average molecular weight is 379 g/mol. The van der Waals surface area contributed by atoms with E-state index in [9.17, 15) is 22.8 Å². The Morgan fingerprint density at radius 2 is 1.59 bits per heavy atom. The lowest BCUT2D eigenvalue weighted by molar-refractivity contribution is -0.137. The van der Waals surface area contributed by atoms with E-state index in [2.05, 4.69) is 0 Å². The van der Waals surface area contributed by atoms with Gasteiger partial charge in [-0.15, -0.1) is 0 Å². The van der Waals surface area contributed by atoms with E-state index in [1.165, 1.54) is 0 Å². The molecule has 27 heavy (non-hydrogen) atoms. The van der Waals surface area contributed by atoms with Gasteiger partial charge in [0.05, 0.1) is 11.1 Å². The van der Waals surface area contributed by atoms with E-state index in [1.807, 2.05) is 44.2 Å². The summed E-state index contributed by atoms with van der Waals surface area (Å²) in [5.74, 6) is -1.23. The van der Waals surface area contributed by atoms with Gasteiger partial charge in [-0.1, -0.05) is 30.3 Å². The third-order valence-corrected chi connectivity index (χ3v) is 3.91. The summed E-state index contributed by atoms with van der Waals surface area (Å²) in [6, 6.07) is 12.9. The highest BCUT2D eigenvalue weighted by atomic mass is 19.4. The smallest absolute Gasteiger partial charge is 0.416 e. The van der Waals surface area contributed by atoms with Crippen molar-refractivity contribution in [3.8, 4) is 0 Å². The van der Waals surface area contributed by atoms with Crippen LogP contribution >= 0.6 is 0 Å². The number of halogens is 3. The Morgan fingerprint density at radius 1 is 1.00 bits per heavy atom. The SMILES string of the molecule is CC(C)N(Cc1ccccc1)C(=O)COC(=O)c1ccc(C(F)(F)F)cc1. The van der Waals surface area contributed by atoms with Crippen molar-refractivity contribution >= 4 is 11.9 Å². The molecule has 0 bridgehead atoms. The van der Waals surface area contributed by atoms with Gasteiger partial charge in [0, 0.05) is 12.6 Å². The third-order valence-electron chi connectivity index (χ3n) is 3.91. The van der Waals surface area contributed by atoms with E-state index < -0.39 is 24.3 Å². The largest absolute Gasteiger partial charge is 0.452 e. The molecule has 0 unspecified atom stereocenters. The summed E-state index contributed by atoms with van der Waals surface area (Å²) in [7, 11) is 0. The summed E-state index contributed by atoms with van der Waals surface area (Å²) in [5.41, 5.74) is 0.0348. The summed E-state index contributed by atoms with van der Waals surface area (Å²) >= 11 is 0. The molecule has 0 atom stereocenters. The summed E-state index contributed by atoms with van der Waals surface area (Å²) < 4.78 is 42.6. The zero-order valence-electron chi connectivity index (χ0n) is 15.0. The lowest BCUT2D eigenvalue weighted by atomic mass is 10.1. The quantitative estimate of drug-likeness (QED) is 0.703. The Balaban J connectivity index is 1.97. The molecule has 2 aromatic rings. The topological polar surface area (TPSA) is 46.6 Å². The predicted molar refractivity (Wildman–Crippen MR) is 93.9 cm³/mol. The van der Waals surface area contributed by atoms with E-state index >= 15 is 0 Å². The van der Waals surface area contributed by atoms with Gasteiger partial charge in [0.25, 0.3) is 5.91 Å². The van der Waals surface area contributed by atoms with Crippen molar-refractivity contribution in [1.29, 1.82) is 0 Å². The standard InChI is InChI=1S/C20H20F3NO3/c1-14(2)24(12-15-6-4-3-5-7-15)18(25)13-27-19(26)16-8-10-17(11-9-16)20(21,22)23/h3-11,14H,12-13H2,1-2H3. The lowest BCUT2D eigenvalue weighted by Crippen LogP contribution is -2.39. The molecule has 0 spiro atoms. The van der Waals surface area contributed by atoms with Crippen LogP contribution in [0, 0.1) is 0 Å². The van der Waals surface area contributed by atoms with Crippen LogP contribution in [0.4, 0.5) is 13.2 Å². The molecule has 4 nitrogen and oxygen atoms in total. The molecule has 0 aliphatic heterocycles. The third kappa shape index (κ3) is 5.84. The van der Waals surface area contributed by atoms with Crippen LogP contribution in [0.25, 0.3) is 0 Å². The minimum Gasteiger partial charge on any atom is -0.452 e. The van der Waals surface area contributed by atoms with E-state index in [1.54, 1.807) is 4.90 Å². The number of ether oxygens (including phenoxy) is 1. The molecule has 1 amide bonds. The molecule has 0 aliphatic rings. The molecule has 0 radical (unpaired) electrons. The number of carbonyl (C=O) groups excluding carboxylic acids is 2. The number of esters is 1. The highest BCUT2D eigenvalue weighted by Gasteiger charge is 2.30. The molecule has 2 aromatic carbocycles. The number of nitrogens with zero attached hydrogens (tertiary/aromatic N) is 1. The summed E-state index contributed by atoms with van der Waals surface area (Å²) in [6.07, 6.45) is -4.48. The Hall–Kier alpha value is -2.83. The van der Waals surface area contributed by atoms with Gasteiger partial charge in [0.2, 0.25) is 0 Å². The first-order chi connectivity index (χ1) is 12.7. The predicted octanol–water partition coefficient (Wildman–Crippen LogP) is 4.30.